The first-order chi connectivity index (χ1) is 12.5. The minimum Gasteiger partial charge on any atom is -0.463 e. The number of benzene rings is 1. The van der Waals surface area contributed by atoms with Crippen LogP contribution in [0.5, 0.6) is 6.01 Å². The number of amides is 1. The number of hydrogen-bond acceptors (Lipinski definition) is 5. The Labute approximate surface area is 162 Å². The highest BCUT2D eigenvalue weighted by molar-refractivity contribution is 9.10. The molecule has 0 spiro atoms. The normalized spacial score (nSPS) is 15.0. The molecule has 0 N–H and O–H groups in total. The molecule has 138 valence electrons. The third-order valence-electron chi connectivity index (χ3n) is 4.58. The summed E-state index contributed by atoms with van der Waals surface area (Å²) < 4.78 is 6.49. The lowest BCUT2D eigenvalue weighted by Gasteiger charge is -2.31. The van der Waals surface area contributed by atoms with Crippen LogP contribution in [0.2, 0.25) is 0 Å². The van der Waals surface area contributed by atoms with Crippen LogP contribution in [0.25, 0.3) is 0 Å². The van der Waals surface area contributed by atoms with Crippen LogP contribution in [0.15, 0.2) is 41.1 Å². The highest BCUT2D eigenvalue weighted by Gasteiger charge is 2.24. The zero-order valence-corrected chi connectivity index (χ0v) is 16.6. The highest BCUT2D eigenvalue weighted by atomic mass is 79.9. The maximum Gasteiger partial charge on any atom is 0.316 e. The monoisotopic (exact) mass is 418 g/mol. The molecule has 26 heavy (non-hydrogen) atoms. The van der Waals surface area contributed by atoms with E-state index < -0.39 is 0 Å². The van der Waals surface area contributed by atoms with E-state index in [0.29, 0.717) is 18.5 Å². The Morgan fingerprint density at radius 2 is 1.81 bits per heavy atom. The molecule has 0 unspecified atom stereocenters. The van der Waals surface area contributed by atoms with Gasteiger partial charge in [0, 0.05) is 50.8 Å². The summed E-state index contributed by atoms with van der Waals surface area (Å²) in [5.41, 5.74) is 1.83. The molecule has 3 rings (SSSR count). The van der Waals surface area contributed by atoms with Crippen LogP contribution in [0.3, 0.4) is 0 Å². The number of ether oxygens (including phenoxy) is 1. The molecule has 0 saturated carbocycles. The molecular formula is C19H23BrN4O2. The van der Waals surface area contributed by atoms with E-state index in [9.17, 15) is 4.79 Å². The van der Waals surface area contributed by atoms with E-state index in [1.165, 1.54) is 0 Å². The molecule has 0 bridgehead atoms. The Morgan fingerprint density at radius 3 is 2.38 bits per heavy atom. The number of carbonyl (C=O) groups is 1. The lowest BCUT2D eigenvalue weighted by atomic mass is 9.97. The summed E-state index contributed by atoms with van der Waals surface area (Å²) >= 11 is 3.30. The second-order valence-electron chi connectivity index (χ2n) is 6.67. The lowest BCUT2D eigenvalue weighted by molar-refractivity contribution is 0.0657. The van der Waals surface area contributed by atoms with Gasteiger partial charge < -0.3 is 14.5 Å². The third kappa shape index (κ3) is 4.72. The van der Waals surface area contributed by atoms with Gasteiger partial charge in [0.25, 0.3) is 5.91 Å². The first-order valence-corrected chi connectivity index (χ1v) is 9.49. The molecule has 2 heterocycles. The van der Waals surface area contributed by atoms with E-state index in [0.717, 1.165) is 41.7 Å². The van der Waals surface area contributed by atoms with Gasteiger partial charge in [-0.15, -0.1) is 0 Å². The van der Waals surface area contributed by atoms with E-state index in [1.54, 1.807) is 12.4 Å². The van der Waals surface area contributed by atoms with Crippen molar-refractivity contribution in [2.45, 2.75) is 12.8 Å². The molecule has 0 radical (unpaired) electrons. The molecule has 7 heteroatoms. The van der Waals surface area contributed by atoms with E-state index in [-0.39, 0.29) is 5.91 Å². The molecule has 1 aromatic heterocycles. The molecule has 1 aliphatic heterocycles. The van der Waals surface area contributed by atoms with Gasteiger partial charge in [-0.1, -0.05) is 0 Å². The molecule has 2 aromatic rings. The standard InChI is InChI=1S/C19H23BrN4O2/c1-23(2)17-5-3-15(4-6-17)18(25)24-9-7-14(8-10-24)13-26-19-21-11-16(20)12-22-19/h3-6,11-12,14H,7-10,13H2,1-2H3. The fourth-order valence-electron chi connectivity index (χ4n) is 2.95. The molecule has 1 aromatic carbocycles. The molecule has 1 fully saturated rings. The number of nitrogens with zero attached hydrogens (tertiary/aromatic N) is 4. The van der Waals surface area contributed by atoms with Crippen molar-refractivity contribution >= 4 is 27.5 Å². The van der Waals surface area contributed by atoms with Gasteiger partial charge in [0.05, 0.1) is 11.1 Å². The summed E-state index contributed by atoms with van der Waals surface area (Å²) in [7, 11) is 3.98. The average molecular weight is 419 g/mol. The van der Waals surface area contributed by atoms with Crippen molar-refractivity contribution in [2.24, 2.45) is 5.92 Å². The summed E-state index contributed by atoms with van der Waals surface area (Å²) in [5.74, 6) is 0.522. The van der Waals surface area contributed by atoms with Gasteiger partial charge in [-0.25, -0.2) is 9.97 Å². The molecule has 0 atom stereocenters. The second-order valence-corrected chi connectivity index (χ2v) is 7.59. The van der Waals surface area contributed by atoms with Gasteiger partial charge >= 0.3 is 6.01 Å². The Balaban J connectivity index is 1.48. The summed E-state index contributed by atoms with van der Waals surface area (Å²) in [6.07, 6.45) is 5.20. The maximum absolute atomic E-state index is 12.7. The van der Waals surface area contributed by atoms with Gasteiger partial charge in [0.1, 0.15) is 0 Å². The molecular weight excluding hydrogens is 396 g/mol. The van der Waals surface area contributed by atoms with Crippen LogP contribution in [0.4, 0.5) is 5.69 Å². The SMILES string of the molecule is CN(C)c1ccc(C(=O)N2CCC(COc3ncc(Br)cn3)CC2)cc1. The predicted molar refractivity (Wildman–Crippen MR) is 105 cm³/mol. The first kappa shape index (κ1) is 18.6. The van der Waals surface area contributed by atoms with Gasteiger partial charge in [-0.05, 0) is 59.0 Å². The topological polar surface area (TPSA) is 58.6 Å². The van der Waals surface area contributed by atoms with Gasteiger partial charge in [-0.2, -0.15) is 0 Å². The minimum absolute atomic E-state index is 0.103. The number of hydrogen-bond donors (Lipinski definition) is 0. The average Bonchev–Trinajstić information content (AvgIpc) is 2.67. The van der Waals surface area contributed by atoms with Crippen molar-refractivity contribution in [3.05, 3.63) is 46.7 Å². The van der Waals surface area contributed by atoms with E-state index in [1.807, 2.05) is 48.2 Å². The number of carbonyl (C=O) groups excluding carboxylic acids is 1. The largest absolute Gasteiger partial charge is 0.463 e. The van der Waals surface area contributed by atoms with Crippen molar-refractivity contribution in [1.29, 1.82) is 0 Å². The van der Waals surface area contributed by atoms with Crippen molar-refractivity contribution in [1.82, 2.24) is 14.9 Å². The summed E-state index contributed by atoms with van der Waals surface area (Å²) in [6, 6.07) is 8.15. The van der Waals surface area contributed by atoms with Crippen molar-refractivity contribution in [2.75, 3.05) is 38.7 Å². The fourth-order valence-corrected chi connectivity index (χ4v) is 3.16. The number of likely N-dealkylation sites (tertiary alicyclic amines) is 1. The lowest BCUT2D eigenvalue weighted by Crippen LogP contribution is -2.39. The Kier molecular flexibility index (Phi) is 6.08. The van der Waals surface area contributed by atoms with Crippen molar-refractivity contribution in [3.63, 3.8) is 0 Å². The van der Waals surface area contributed by atoms with Crippen molar-refractivity contribution in [3.8, 4) is 6.01 Å². The Bertz CT molecular complexity index is 726. The summed E-state index contributed by atoms with van der Waals surface area (Å²) in [5, 5.41) is 0. The van der Waals surface area contributed by atoms with Gasteiger partial charge in [-0.3, -0.25) is 4.79 Å². The Hall–Kier alpha value is -2.15. The van der Waals surface area contributed by atoms with E-state index in [2.05, 4.69) is 25.9 Å². The number of anilines is 1. The first-order valence-electron chi connectivity index (χ1n) is 8.70. The maximum atomic E-state index is 12.7. The predicted octanol–water partition coefficient (Wildman–Crippen LogP) is 3.24. The third-order valence-corrected chi connectivity index (χ3v) is 4.99. The molecule has 1 aliphatic rings. The number of aromatic nitrogens is 2. The van der Waals surface area contributed by atoms with Gasteiger partial charge in [0.15, 0.2) is 0 Å². The van der Waals surface area contributed by atoms with E-state index >= 15 is 0 Å². The number of rotatable bonds is 5. The molecule has 1 amide bonds. The number of piperidine rings is 1. The second kappa shape index (κ2) is 8.49. The zero-order valence-electron chi connectivity index (χ0n) is 15.1. The minimum atomic E-state index is 0.103. The molecule has 6 nitrogen and oxygen atoms in total. The highest BCUT2D eigenvalue weighted by Crippen LogP contribution is 2.21. The molecule has 0 aliphatic carbocycles. The van der Waals surface area contributed by atoms with E-state index in [4.69, 9.17) is 4.74 Å². The van der Waals surface area contributed by atoms with Crippen LogP contribution < -0.4 is 9.64 Å². The van der Waals surface area contributed by atoms with Crippen LogP contribution in [-0.2, 0) is 0 Å². The van der Waals surface area contributed by atoms with Crippen LogP contribution in [0.1, 0.15) is 23.2 Å². The zero-order chi connectivity index (χ0) is 18.5. The van der Waals surface area contributed by atoms with Crippen LogP contribution in [-0.4, -0.2) is 54.6 Å². The Morgan fingerprint density at radius 1 is 1.19 bits per heavy atom. The van der Waals surface area contributed by atoms with Crippen molar-refractivity contribution < 1.29 is 9.53 Å². The van der Waals surface area contributed by atoms with Crippen LogP contribution >= 0.6 is 15.9 Å². The summed E-state index contributed by atoms with van der Waals surface area (Å²) in [4.78, 5) is 24.8. The summed E-state index contributed by atoms with van der Waals surface area (Å²) in [6.45, 7) is 2.09. The number of halogens is 1. The molecule has 1 saturated heterocycles. The van der Waals surface area contributed by atoms with Gasteiger partial charge in [0.2, 0.25) is 0 Å². The fraction of sp³-hybridized carbons (Fsp3) is 0.421. The quantitative estimate of drug-likeness (QED) is 0.745. The van der Waals surface area contributed by atoms with Crippen LogP contribution in [0, 0.1) is 5.92 Å². The smallest absolute Gasteiger partial charge is 0.316 e.